The van der Waals surface area contributed by atoms with Gasteiger partial charge in [0.2, 0.25) is 0 Å². The minimum absolute atomic E-state index is 0.0740. The number of aromatic nitrogens is 3. The normalized spacial score (nSPS) is 24.7. The Labute approximate surface area is 206 Å². The molecule has 1 aliphatic heterocycles. The first-order valence-corrected chi connectivity index (χ1v) is 12.6. The summed E-state index contributed by atoms with van der Waals surface area (Å²) in [6, 6.07) is 14.7. The summed E-state index contributed by atoms with van der Waals surface area (Å²) in [4.78, 5) is 15.4. The standard InChI is InChI=1S/C28H33N5O2/c1-27(10-5-11-27)29-16-19-8-9-20-17-33(25(34)24(20)12-19)22-7-4-6-21(13-22)28(14-23(15-28)35-3)26-31-30-18-32(26)2/h4,6-9,12-13,18,23,29H,5,10-11,14-17H2,1-3H3/t23-,28-. The first-order valence-electron chi connectivity index (χ1n) is 12.6. The maximum Gasteiger partial charge on any atom is 0.258 e. The Morgan fingerprint density at radius 2 is 2.00 bits per heavy atom. The lowest BCUT2D eigenvalue weighted by atomic mass is 9.62. The molecule has 7 nitrogen and oxygen atoms in total. The zero-order valence-electron chi connectivity index (χ0n) is 20.8. The van der Waals surface area contributed by atoms with E-state index in [0.717, 1.165) is 47.6 Å². The summed E-state index contributed by atoms with van der Waals surface area (Å²) < 4.78 is 7.62. The second kappa shape index (κ2) is 8.28. The molecule has 3 aromatic rings. The molecule has 1 amide bonds. The van der Waals surface area contributed by atoms with Crippen molar-refractivity contribution in [1.82, 2.24) is 20.1 Å². The molecule has 0 radical (unpaired) electrons. The molecule has 2 fully saturated rings. The highest BCUT2D eigenvalue weighted by Gasteiger charge is 2.50. The van der Waals surface area contributed by atoms with Gasteiger partial charge in [-0.05, 0) is 73.9 Å². The lowest BCUT2D eigenvalue weighted by Gasteiger charge is -2.46. The van der Waals surface area contributed by atoms with Crippen LogP contribution in [0, 0.1) is 0 Å². The van der Waals surface area contributed by atoms with Crippen LogP contribution in [-0.4, -0.2) is 39.4 Å². The van der Waals surface area contributed by atoms with Crippen molar-refractivity contribution < 1.29 is 9.53 Å². The van der Waals surface area contributed by atoms with Crippen LogP contribution in [-0.2, 0) is 30.3 Å². The predicted octanol–water partition coefficient (Wildman–Crippen LogP) is 4.10. The number of aryl methyl sites for hydroxylation is 1. The van der Waals surface area contributed by atoms with Crippen LogP contribution >= 0.6 is 0 Å². The lowest BCUT2D eigenvalue weighted by Crippen LogP contribution is -2.48. The van der Waals surface area contributed by atoms with Gasteiger partial charge in [0.25, 0.3) is 5.91 Å². The highest BCUT2D eigenvalue weighted by molar-refractivity contribution is 6.10. The van der Waals surface area contributed by atoms with Crippen LogP contribution in [0.2, 0.25) is 0 Å². The van der Waals surface area contributed by atoms with E-state index in [2.05, 4.69) is 52.8 Å². The van der Waals surface area contributed by atoms with Gasteiger partial charge in [-0.2, -0.15) is 0 Å². The molecule has 1 aromatic heterocycles. The molecule has 182 valence electrons. The number of carbonyl (C=O) groups is 1. The molecule has 0 atom stereocenters. The quantitative estimate of drug-likeness (QED) is 0.562. The van der Waals surface area contributed by atoms with E-state index >= 15 is 0 Å². The molecular weight excluding hydrogens is 438 g/mol. The van der Waals surface area contributed by atoms with E-state index in [-0.39, 0.29) is 23.0 Å². The molecule has 3 aliphatic rings. The van der Waals surface area contributed by atoms with Crippen LogP contribution in [0.15, 0.2) is 48.8 Å². The van der Waals surface area contributed by atoms with Crippen molar-refractivity contribution in [3.05, 3.63) is 76.9 Å². The van der Waals surface area contributed by atoms with Crippen LogP contribution in [0.4, 0.5) is 5.69 Å². The number of nitrogens with one attached hydrogen (secondary N) is 1. The van der Waals surface area contributed by atoms with E-state index in [1.54, 1.807) is 13.4 Å². The van der Waals surface area contributed by atoms with Gasteiger partial charge in [-0.25, -0.2) is 0 Å². The number of rotatable bonds is 7. The monoisotopic (exact) mass is 471 g/mol. The number of methoxy groups -OCH3 is 1. The van der Waals surface area contributed by atoms with Gasteiger partial charge in [-0.3, -0.25) is 4.79 Å². The van der Waals surface area contributed by atoms with Crippen molar-refractivity contribution in [3.63, 3.8) is 0 Å². The number of nitrogens with zero attached hydrogens (tertiary/aromatic N) is 4. The number of hydrogen-bond donors (Lipinski definition) is 1. The van der Waals surface area contributed by atoms with Gasteiger partial charge in [0.05, 0.1) is 18.1 Å². The molecule has 0 spiro atoms. The van der Waals surface area contributed by atoms with Gasteiger partial charge in [0.15, 0.2) is 0 Å². The Morgan fingerprint density at radius 1 is 1.17 bits per heavy atom. The minimum atomic E-state index is -0.256. The van der Waals surface area contributed by atoms with Gasteiger partial charge >= 0.3 is 0 Å². The first-order chi connectivity index (χ1) is 16.9. The number of amides is 1. The molecule has 6 rings (SSSR count). The minimum Gasteiger partial charge on any atom is -0.381 e. The Morgan fingerprint density at radius 3 is 2.69 bits per heavy atom. The number of fused-ring (bicyclic) bond motifs is 1. The Hall–Kier alpha value is -3.03. The van der Waals surface area contributed by atoms with E-state index in [4.69, 9.17) is 4.74 Å². The van der Waals surface area contributed by atoms with Crippen molar-refractivity contribution in [2.45, 2.75) is 69.2 Å². The first kappa shape index (κ1) is 22.4. The summed E-state index contributed by atoms with van der Waals surface area (Å²) >= 11 is 0. The number of carbonyl (C=O) groups excluding carboxylic acids is 1. The average Bonchev–Trinajstić information content (AvgIpc) is 3.39. The van der Waals surface area contributed by atoms with Crippen molar-refractivity contribution in [3.8, 4) is 0 Å². The number of benzene rings is 2. The topological polar surface area (TPSA) is 72.3 Å². The zero-order valence-corrected chi connectivity index (χ0v) is 20.8. The molecule has 0 unspecified atom stereocenters. The third-order valence-corrected chi connectivity index (χ3v) is 8.49. The van der Waals surface area contributed by atoms with Crippen molar-refractivity contribution in [2.24, 2.45) is 7.05 Å². The molecule has 2 aromatic carbocycles. The van der Waals surface area contributed by atoms with Gasteiger partial charge < -0.3 is 19.5 Å². The molecule has 35 heavy (non-hydrogen) atoms. The number of ether oxygens (including phenoxy) is 1. The maximum absolute atomic E-state index is 13.5. The highest BCUT2D eigenvalue weighted by atomic mass is 16.5. The maximum atomic E-state index is 13.5. The lowest BCUT2D eigenvalue weighted by molar-refractivity contribution is -0.00695. The predicted molar refractivity (Wildman–Crippen MR) is 134 cm³/mol. The highest BCUT2D eigenvalue weighted by Crippen LogP contribution is 2.50. The van der Waals surface area contributed by atoms with E-state index in [1.807, 2.05) is 28.6 Å². The molecule has 0 saturated heterocycles. The summed E-state index contributed by atoms with van der Waals surface area (Å²) in [7, 11) is 3.75. The SMILES string of the molecule is CO[C@H]1C[C@](c2cccc(N3Cc4ccc(CNC5(C)CCC5)cc4C3=O)c2)(c2nncn2C)C1. The fourth-order valence-corrected chi connectivity index (χ4v) is 5.99. The second-order valence-electron chi connectivity index (χ2n) is 10.8. The Kier molecular flexibility index (Phi) is 5.31. The van der Waals surface area contributed by atoms with E-state index in [9.17, 15) is 4.79 Å². The fourth-order valence-electron chi connectivity index (χ4n) is 5.99. The second-order valence-corrected chi connectivity index (χ2v) is 10.8. The fraction of sp³-hybridized carbons (Fsp3) is 0.464. The zero-order chi connectivity index (χ0) is 24.2. The third kappa shape index (κ3) is 3.69. The largest absolute Gasteiger partial charge is 0.381 e. The molecule has 7 heteroatoms. The molecule has 0 bridgehead atoms. The van der Waals surface area contributed by atoms with Crippen LogP contribution in [0.25, 0.3) is 0 Å². The van der Waals surface area contributed by atoms with Crippen molar-refractivity contribution in [1.29, 1.82) is 0 Å². The molecule has 1 N–H and O–H groups in total. The summed E-state index contributed by atoms with van der Waals surface area (Å²) in [5, 5.41) is 12.3. The van der Waals surface area contributed by atoms with Gasteiger partial charge in [0, 0.05) is 37.5 Å². The van der Waals surface area contributed by atoms with E-state index < -0.39 is 0 Å². The van der Waals surface area contributed by atoms with Crippen molar-refractivity contribution in [2.75, 3.05) is 12.0 Å². The summed E-state index contributed by atoms with van der Waals surface area (Å²) in [6.45, 7) is 3.68. The molecule has 2 aliphatic carbocycles. The van der Waals surface area contributed by atoms with Crippen LogP contribution < -0.4 is 10.2 Å². The smallest absolute Gasteiger partial charge is 0.258 e. The van der Waals surface area contributed by atoms with Crippen molar-refractivity contribution >= 4 is 11.6 Å². The molecule has 2 saturated carbocycles. The van der Waals surface area contributed by atoms with Crippen LogP contribution in [0.1, 0.15) is 71.9 Å². The molecule has 2 heterocycles. The van der Waals surface area contributed by atoms with Gasteiger partial charge in [-0.15, -0.1) is 10.2 Å². The average molecular weight is 472 g/mol. The number of anilines is 1. The van der Waals surface area contributed by atoms with Gasteiger partial charge in [0.1, 0.15) is 12.2 Å². The Balaban J connectivity index is 1.26. The van der Waals surface area contributed by atoms with Crippen LogP contribution in [0.5, 0.6) is 0 Å². The van der Waals surface area contributed by atoms with E-state index in [0.29, 0.717) is 6.54 Å². The summed E-state index contributed by atoms with van der Waals surface area (Å²) in [6.07, 6.45) is 7.39. The number of hydrogen-bond acceptors (Lipinski definition) is 5. The summed E-state index contributed by atoms with van der Waals surface area (Å²) in [5.41, 5.74) is 5.15. The summed E-state index contributed by atoms with van der Waals surface area (Å²) in [5.74, 6) is 1.02. The Bertz CT molecular complexity index is 1270. The van der Waals surface area contributed by atoms with E-state index in [1.165, 1.54) is 24.8 Å². The molecular formula is C28H33N5O2. The third-order valence-electron chi connectivity index (χ3n) is 8.49. The van der Waals surface area contributed by atoms with Gasteiger partial charge in [-0.1, -0.05) is 24.3 Å². The van der Waals surface area contributed by atoms with Crippen LogP contribution in [0.3, 0.4) is 0 Å².